The summed E-state index contributed by atoms with van der Waals surface area (Å²) < 4.78 is 40.5. The molecule has 0 saturated carbocycles. The highest BCUT2D eigenvalue weighted by atomic mass is 35.5. The number of aromatic nitrogens is 4. The summed E-state index contributed by atoms with van der Waals surface area (Å²) in [5, 5.41) is 0.196. The van der Waals surface area contributed by atoms with E-state index < -0.39 is 11.9 Å². The van der Waals surface area contributed by atoms with Crippen molar-refractivity contribution in [1.29, 1.82) is 0 Å². The molecule has 0 fully saturated rings. The number of allylic oxidation sites excluding steroid dienone is 2. The Hall–Kier alpha value is -3.99. The Morgan fingerprint density at radius 1 is 1.24 bits per heavy atom. The lowest BCUT2D eigenvalue weighted by Gasteiger charge is -2.21. The highest BCUT2D eigenvalue weighted by molar-refractivity contribution is 6.45. The van der Waals surface area contributed by atoms with Crippen molar-refractivity contribution >= 4 is 35.5 Å². The van der Waals surface area contributed by atoms with Gasteiger partial charge in [-0.05, 0) is 31.6 Å². The second-order valence-electron chi connectivity index (χ2n) is 8.67. The third-order valence-electron chi connectivity index (χ3n) is 5.28. The first-order valence-electron chi connectivity index (χ1n) is 11.5. The van der Waals surface area contributed by atoms with E-state index >= 15 is 0 Å². The first-order chi connectivity index (χ1) is 17.9. The van der Waals surface area contributed by atoms with Gasteiger partial charge in [0.25, 0.3) is 0 Å². The van der Waals surface area contributed by atoms with Gasteiger partial charge in [0, 0.05) is 56.4 Å². The first kappa shape index (κ1) is 28.6. The maximum atomic E-state index is 13.0. The molecule has 1 aromatic carbocycles. The van der Waals surface area contributed by atoms with Crippen LogP contribution in [0.5, 0.6) is 0 Å². The molecule has 3 rings (SSSR count). The summed E-state index contributed by atoms with van der Waals surface area (Å²) in [6.07, 6.45) is 2.80. The zero-order valence-electron chi connectivity index (χ0n) is 21.2. The Morgan fingerprint density at radius 3 is 2.47 bits per heavy atom. The molecule has 0 amide bonds. The highest BCUT2D eigenvalue weighted by Crippen LogP contribution is 2.31. The van der Waals surface area contributed by atoms with E-state index in [-0.39, 0.29) is 22.7 Å². The number of carbonyl (C=O) groups excluding carboxylic acids is 1. The molecule has 2 N–H and O–H groups in total. The molecule has 0 saturated heterocycles. The summed E-state index contributed by atoms with van der Waals surface area (Å²) in [6, 6.07) is 6.93. The van der Waals surface area contributed by atoms with Crippen LogP contribution >= 0.6 is 11.6 Å². The van der Waals surface area contributed by atoms with Gasteiger partial charge in [-0.3, -0.25) is 9.79 Å². The summed E-state index contributed by atoms with van der Waals surface area (Å²) >= 11 is 6.28. The fourth-order valence-corrected chi connectivity index (χ4v) is 3.74. The largest absolute Gasteiger partial charge is 0.434 e. The predicted molar refractivity (Wildman–Crippen MR) is 143 cm³/mol. The van der Waals surface area contributed by atoms with Gasteiger partial charge in [0.15, 0.2) is 11.5 Å². The Morgan fingerprint density at radius 2 is 1.92 bits per heavy atom. The minimum absolute atomic E-state index is 0.0949. The van der Waals surface area contributed by atoms with Crippen LogP contribution in [0.3, 0.4) is 0 Å². The van der Waals surface area contributed by atoms with Gasteiger partial charge in [-0.25, -0.2) is 15.0 Å². The van der Waals surface area contributed by atoms with Crippen molar-refractivity contribution in [1.82, 2.24) is 19.5 Å². The Balaban J connectivity index is 1.94. The molecule has 0 unspecified atom stereocenters. The zero-order valence-corrected chi connectivity index (χ0v) is 22.0. The molecular formula is C26H27ClF3N7O. The standard InChI is InChI=1S/C26H27ClF3N7O/c1-16(2)33-22(20(27)12-31)23-32-13-19(6-5-11-38)25(35-23)36(3)14-17-7-9-18(10-8-17)24-34-21(15-37(24)4)26(28,29)30/h5-13,15-16H,14,31H2,1-4H3/b6-5-,20-12+,33-22?. The number of aliphatic imine (C=N–C) groups is 1. The fourth-order valence-electron chi connectivity index (χ4n) is 3.60. The lowest BCUT2D eigenvalue weighted by molar-refractivity contribution is -0.140. The number of aldehydes is 1. The number of alkyl halides is 3. The summed E-state index contributed by atoms with van der Waals surface area (Å²) in [5.74, 6) is 0.982. The molecule has 0 aliphatic carbocycles. The molecule has 0 atom stereocenters. The minimum atomic E-state index is -4.52. The van der Waals surface area contributed by atoms with Crippen LogP contribution in [0.25, 0.3) is 17.5 Å². The number of anilines is 1. The molecule has 0 aliphatic rings. The number of hydrogen-bond acceptors (Lipinski definition) is 7. The quantitative estimate of drug-likeness (QED) is 0.231. The van der Waals surface area contributed by atoms with Crippen LogP contribution in [0, 0.1) is 0 Å². The molecule has 200 valence electrons. The van der Waals surface area contributed by atoms with Crippen molar-refractivity contribution in [2.24, 2.45) is 17.8 Å². The van der Waals surface area contributed by atoms with Crippen molar-refractivity contribution in [2.45, 2.75) is 32.6 Å². The average Bonchev–Trinajstić information content (AvgIpc) is 3.28. The molecule has 0 radical (unpaired) electrons. The topological polar surface area (TPSA) is 102 Å². The van der Waals surface area contributed by atoms with Gasteiger partial charge in [-0.2, -0.15) is 13.2 Å². The molecule has 2 heterocycles. The van der Waals surface area contributed by atoms with Crippen LogP contribution < -0.4 is 10.6 Å². The van der Waals surface area contributed by atoms with Gasteiger partial charge in [-0.1, -0.05) is 35.9 Å². The minimum Gasteiger partial charge on any atom is -0.403 e. The predicted octanol–water partition coefficient (Wildman–Crippen LogP) is 4.98. The molecule has 8 nitrogen and oxygen atoms in total. The lowest BCUT2D eigenvalue weighted by Crippen LogP contribution is -2.21. The Bertz CT molecular complexity index is 1380. The van der Waals surface area contributed by atoms with Gasteiger partial charge >= 0.3 is 6.18 Å². The normalized spacial score (nSPS) is 13.0. The maximum absolute atomic E-state index is 13.0. The molecule has 12 heteroatoms. The summed E-state index contributed by atoms with van der Waals surface area (Å²) in [7, 11) is 3.33. The van der Waals surface area contributed by atoms with Crippen molar-refractivity contribution < 1.29 is 18.0 Å². The molecule has 0 bridgehead atoms. The monoisotopic (exact) mass is 545 g/mol. The number of imidazole rings is 1. The smallest absolute Gasteiger partial charge is 0.403 e. The third kappa shape index (κ3) is 6.86. The first-order valence-corrected chi connectivity index (χ1v) is 11.9. The summed E-state index contributed by atoms with van der Waals surface area (Å²) in [6.45, 7) is 4.16. The third-order valence-corrected chi connectivity index (χ3v) is 5.59. The second-order valence-corrected chi connectivity index (χ2v) is 9.07. The van der Waals surface area contributed by atoms with E-state index in [9.17, 15) is 18.0 Å². The Labute approximate surface area is 223 Å². The number of benzene rings is 1. The molecular weight excluding hydrogens is 519 g/mol. The zero-order chi connectivity index (χ0) is 28.0. The van der Waals surface area contributed by atoms with Crippen LogP contribution in [0.2, 0.25) is 0 Å². The van der Waals surface area contributed by atoms with Crippen LogP contribution in [-0.4, -0.2) is 44.6 Å². The number of rotatable bonds is 9. The van der Waals surface area contributed by atoms with Crippen molar-refractivity contribution in [3.63, 3.8) is 0 Å². The summed E-state index contributed by atoms with van der Waals surface area (Å²) in [5.41, 5.74) is 7.00. The van der Waals surface area contributed by atoms with Crippen LogP contribution in [-0.2, 0) is 24.6 Å². The second kappa shape index (κ2) is 12.0. The molecule has 0 aliphatic heterocycles. The number of nitrogens with zero attached hydrogens (tertiary/aromatic N) is 6. The van der Waals surface area contributed by atoms with Gasteiger partial charge in [0.1, 0.15) is 23.6 Å². The molecule has 3 aromatic rings. The molecule has 38 heavy (non-hydrogen) atoms. The highest BCUT2D eigenvalue weighted by Gasteiger charge is 2.34. The number of carbonyl (C=O) groups is 1. The lowest BCUT2D eigenvalue weighted by atomic mass is 10.1. The van der Waals surface area contributed by atoms with E-state index in [2.05, 4.69) is 19.9 Å². The van der Waals surface area contributed by atoms with E-state index in [0.29, 0.717) is 35.5 Å². The summed E-state index contributed by atoms with van der Waals surface area (Å²) in [4.78, 5) is 30.1. The van der Waals surface area contributed by atoms with Crippen LogP contribution in [0.4, 0.5) is 19.0 Å². The maximum Gasteiger partial charge on any atom is 0.434 e. The van der Waals surface area contributed by atoms with E-state index in [1.165, 1.54) is 23.9 Å². The van der Waals surface area contributed by atoms with E-state index in [4.69, 9.17) is 17.3 Å². The van der Waals surface area contributed by atoms with Crippen molar-refractivity contribution in [3.05, 3.63) is 76.6 Å². The van der Waals surface area contributed by atoms with E-state index in [1.54, 1.807) is 36.5 Å². The molecule has 0 spiro atoms. The van der Waals surface area contributed by atoms with Crippen molar-refractivity contribution in [2.75, 3.05) is 11.9 Å². The Kier molecular flexibility index (Phi) is 9.05. The van der Waals surface area contributed by atoms with Crippen LogP contribution in [0.15, 0.2) is 59.0 Å². The molecule has 2 aromatic heterocycles. The van der Waals surface area contributed by atoms with Gasteiger partial charge in [0.05, 0.1) is 5.03 Å². The number of nitrogens with two attached hydrogens (primary N) is 1. The number of hydrogen-bond donors (Lipinski definition) is 1. The van der Waals surface area contributed by atoms with E-state index in [1.807, 2.05) is 25.8 Å². The number of halogens is 4. The van der Waals surface area contributed by atoms with Gasteiger partial charge in [0.2, 0.25) is 0 Å². The fraction of sp³-hybridized carbons (Fsp3) is 0.269. The number of aryl methyl sites for hydroxylation is 1. The van der Waals surface area contributed by atoms with Gasteiger partial charge in [-0.15, -0.1) is 0 Å². The average molecular weight is 546 g/mol. The van der Waals surface area contributed by atoms with E-state index in [0.717, 1.165) is 11.8 Å². The van der Waals surface area contributed by atoms with Crippen LogP contribution in [0.1, 0.15) is 36.5 Å². The SMILES string of the molecule is CC(C)N=C(/C(Cl)=C\N)c1ncc(/C=C\C=O)c(N(C)Cc2ccc(-c3nc(C(F)(F)F)cn3C)cc2)n1. The van der Waals surface area contributed by atoms with Gasteiger partial charge < -0.3 is 15.2 Å². The van der Waals surface area contributed by atoms with Crippen molar-refractivity contribution in [3.8, 4) is 11.4 Å².